The minimum atomic E-state index is 0.500. The number of hydrogen-bond acceptors (Lipinski definition) is 5. The molecule has 1 aliphatic heterocycles. The van der Waals surface area contributed by atoms with Gasteiger partial charge in [-0.15, -0.1) is 11.3 Å². The van der Waals surface area contributed by atoms with E-state index in [0.717, 1.165) is 16.9 Å². The minimum Gasteiger partial charge on any atom is -0.316 e. The second kappa shape index (κ2) is 5.97. The summed E-state index contributed by atoms with van der Waals surface area (Å²) in [5, 5.41) is 4.25. The first-order valence-corrected chi connectivity index (χ1v) is 9.00. The zero-order chi connectivity index (χ0) is 14.9. The Hall–Kier alpha value is -1.46. The number of thiazole rings is 1. The Bertz CT molecular complexity index is 650. The van der Waals surface area contributed by atoms with Gasteiger partial charge in [0, 0.05) is 17.6 Å². The second-order valence-electron chi connectivity index (χ2n) is 6.45. The van der Waals surface area contributed by atoms with Gasteiger partial charge in [-0.25, -0.2) is 9.97 Å². The number of likely N-dealkylation sites (tertiary alicyclic amines) is 1. The van der Waals surface area contributed by atoms with Gasteiger partial charge >= 0.3 is 0 Å². The van der Waals surface area contributed by atoms with Crippen LogP contribution in [0.25, 0.3) is 0 Å². The fourth-order valence-electron chi connectivity index (χ4n) is 3.24. The predicted molar refractivity (Wildman–Crippen MR) is 90.6 cm³/mol. The quantitative estimate of drug-likeness (QED) is 0.900. The van der Waals surface area contributed by atoms with Gasteiger partial charge in [0.15, 0.2) is 5.13 Å². The van der Waals surface area contributed by atoms with Gasteiger partial charge in [0.1, 0.15) is 5.82 Å². The van der Waals surface area contributed by atoms with Crippen molar-refractivity contribution >= 4 is 22.3 Å². The van der Waals surface area contributed by atoms with E-state index in [-0.39, 0.29) is 0 Å². The first kappa shape index (κ1) is 14.2. The number of hydrogen-bond donors (Lipinski definition) is 1. The largest absolute Gasteiger partial charge is 0.316 e. The molecule has 1 atom stereocenters. The molecule has 2 fully saturated rings. The highest BCUT2D eigenvalue weighted by molar-refractivity contribution is 7.15. The lowest BCUT2D eigenvalue weighted by Gasteiger charge is -2.24. The zero-order valence-electron chi connectivity index (χ0n) is 13.0. The molecule has 0 spiro atoms. The summed E-state index contributed by atoms with van der Waals surface area (Å²) in [7, 11) is 0. The lowest BCUT2D eigenvalue weighted by Crippen LogP contribution is -2.26. The fraction of sp³-hybridized carbons (Fsp3) is 0.529. The molecule has 2 aromatic heterocycles. The van der Waals surface area contributed by atoms with Crippen LogP contribution in [-0.4, -0.2) is 28.0 Å². The van der Waals surface area contributed by atoms with Crippen molar-refractivity contribution in [2.45, 2.75) is 38.6 Å². The molecule has 22 heavy (non-hydrogen) atoms. The molecule has 0 unspecified atom stereocenters. The first-order chi connectivity index (χ1) is 10.8. The first-order valence-electron chi connectivity index (χ1n) is 8.18. The third kappa shape index (κ3) is 3.15. The molecule has 0 amide bonds. The van der Waals surface area contributed by atoms with Gasteiger partial charge in [-0.05, 0) is 57.2 Å². The summed E-state index contributed by atoms with van der Waals surface area (Å²) in [5.74, 6) is 1.85. The van der Waals surface area contributed by atoms with Crippen molar-refractivity contribution in [2.75, 3.05) is 18.4 Å². The lowest BCUT2D eigenvalue weighted by molar-refractivity contribution is 0.243. The Labute approximate surface area is 135 Å². The maximum absolute atomic E-state index is 4.85. The summed E-state index contributed by atoms with van der Waals surface area (Å²) >= 11 is 1.67. The number of nitrogens with zero attached hydrogens (tertiary/aromatic N) is 3. The highest BCUT2D eigenvalue weighted by Gasteiger charge is 2.32. The standard InChI is InChI=1S/C17H22N4S/c1-12-10-18-17(22-12)20-16-6-2-4-14(19-16)15-5-3-9-21(15)11-13-7-8-13/h2,4,6,10,13,15H,3,5,7-9,11H2,1H3,(H,18,19,20)/t15-/m1/s1. The van der Waals surface area contributed by atoms with Crippen molar-refractivity contribution in [1.82, 2.24) is 14.9 Å². The molecule has 2 aliphatic rings. The molecule has 2 aromatic rings. The number of pyridine rings is 1. The van der Waals surface area contributed by atoms with E-state index in [1.54, 1.807) is 11.3 Å². The van der Waals surface area contributed by atoms with Crippen LogP contribution in [0, 0.1) is 12.8 Å². The van der Waals surface area contributed by atoms with Crippen molar-refractivity contribution in [3.05, 3.63) is 35.0 Å². The van der Waals surface area contributed by atoms with Gasteiger partial charge in [-0.1, -0.05) is 6.07 Å². The van der Waals surface area contributed by atoms with Crippen molar-refractivity contribution in [1.29, 1.82) is 0 Å². The van der Waals surface area contributed by atoms with Crippen LogP contribution in [0.4, 0.5) is 10.9 Å². The van der Waals surface area contributed by atoms with E-state index < -0.39 is 0 Å². The van der Waals surface area contributed by atoms with Gasteiger partial charge in [0.25, 0.3) is 0 Å². The fourth-order valence-corrected chi connectivity index (χ4v) is 3.91. The van der Waals surface area contributed by atoms with E-state index in [1.807, 2.05) is 12.3 Å². The zero-order valence-corrected chi connectivity index (χ0v) is 13.8. The normalized spacial score (nSPS) is 22.1. The maximum Gasteiger partial charge on any atom is 0.188 e. The van der Waals surface area contributed by atoms with E-state index in [4.69, 9.17) is 4.98 Å². The van der Waals surface area contributed by atoms with E-state index in [1.165, 1.54) is 49.3 Å². The third-order valence-electron chi connectivity index (χ3n) is 4.52. The highest BCUT2D eigenvalue weighted by Crippen LogP contribution is 2.37. The van der Waals surface area contributed by atoms with Crippen LogP contribution in [0.15, 0.2) is 24.4 Å². The van der Waals surface area contributed by atoms with E-state index in [9.17, 15) is 0 Å². The average Bonchev–Trinajstić information content (AvgIpc) is 3.04. The Balaban J connectivity index is 1.50. The second-order valence-corrected chi connectivity index (χ2v) is 7.68. The van der Waals surface area contributed by atoms with Crippen LogP contribution in [-0.2, 0) is 0 Å². The van der Waals surface area contributed by atoms with Crippen LogP contribution < -0.4 is 5.32 Å². The summed E-state index contributed by atoms with van der Waals surface area (Å²) in [5.41, 5.74) is 1.21. The number of aryl methyl sites for hydroxylation is 1. The smallest absolute Gasteiger partial charge is 0.188 e. The van der Waals surface area contributed by atoms with E-state index >= 15 is 0 Å². The van der Waals surface area contributed by atoms with Crippen LogP contribution in [0.5, 0.6) is 0 Å². The van der Waals surface area contributed by atoms with E-state index in [2.05, 4.69) is 34.3 Å². The van der Waals surface area contributed by atoms with Crippen LogP contribution in [0.1, 0.15) is 42.3 Å². The van der Waals surface area contributed by atoms with Crippen molar-refractivity contribution in [3.8, 4) is 0 Å². The number of aromatic nitrogens is 2. The van der Waals surface area contributed by atoms with Gasteiger partial charge in [-0.3, -0.25) is 4.90 Å². The molecule has 3 heterocycles. The molecule has 0 aromatic carbocycles. The molecular formula is C17H22N4S. The summed E-state index contributed by atoms with van der Waals surface area (Å²) < 4.78 is 0. The monoisotopic (exact) mass is 314 g/mol. The molecule has 0 radical (unpaired) electrons. The molecule has 5 heteroatoms. The lowest BCUT2D eigenvalue weighted by atomic mass is 10.1. The Morgan fingerprint density at radius 1 is 1.32 bits per heavy atom. The number of rotatable bonds is 5. The summed E-state index contributed by atoms with van der Waals surface area (Å²) in [6.07, 6.45) is 7.26. The van der Waals surface area contributed by atoms with Gasteiger partial charge in [0.05, 0.1) is 11.7 Å². The van der Waals surface area contributed by atoms with Gasteiger partial charge in [0.2, 0.25) is 0 Å². The Morgan fingerprint density at radius 2 is 2.23 bits per heavy atom. The summed E-state index contributed by atoms with van der Waals surface area (Å²) in [6.45, 7) is 4.56. The minimum absolute atomic E-state index is 0.500. The molecule has 116 valence electrons. The Morgan fingerprint density at radius 3 is 3.00 bits per heavy atom. The summed E-state index contributed by atoms with van der Waals surface area (Å²) in [4.78, 5) is 13.1. The highest BCUT2D eigenvalue weighted by atomic mass is 32.1. The SMILES string of the molecule is Cc1cnc(Nc2cccc([C@H]3CCCN3CC3CC3)n2)s1. The maximum atomic E-state index is 4.85. The van der Waals surface area contributed by atoms with Gasteiger partial charge in [-0.2, -0.15) is 0 Å². The topological polar surface area (TPSA) is 41.1 Å². The van der Waals surface area contributed by atoms with Crippen LogP contribution in [0.2, 0.25) is 0 Å². The molecule has 1 N–H and O–H groups in total. The number of nitrogens with one attached hydrogen (secondary N) is 1. The van der Waals surface area contributed by atoms with Crippen molar-refractivity contribution < 1.29 is 0 Å². The average molecular weight is 314 g/mol. The predicted octanol–water partition coefficient (Wildman–Crippen LogP) is 4.14. The van der Waals surface area contributed by atoms with Crippen LogP contribution >= 0.6 is 11.3 Å². The molecule has 4 nitrogen and oxygen atoms in total. The van der Waals surface area contributed by atoms with Gasteiger partial charge < -0.3 is 5.32 Å². The molecular weight excluding hydrogens is 292 g/mol. The van der Waals surface area contributed by atoms with Crippen LogP contribution in [0.3, 0.4) is 0 Å². The summed E-state index contributed by atoms with van der Waals surface area (Å²) in [6, 6.07) is 6.81. The molecule has 4 rings (SSSR count). The molecule has 1 aliphatic carbocycles. The van der Waals surface area contributed by atoms with E-state index in [0.29, 0.717) is 6.04 Å². The Kier molecular flexibility index (Phi) is 3.84. The molecule has 1 saturated carbocycles. The third-order valence-corrected chi connectivity index (χ3v) is 5.35. The number of anilines is 2. The molecule has 1 saturated heterocycles. The van der Waals surface area contributed by atoms with Crippen molar-refractivity contribution in [3.63, 3.8) is 0 Å². The van der Waals surface area contributed by atoms with Crippen molar-refractivity contribution in [2.24, 2.45) is 5.92 Å². The molecule has 0 bridgehead atoms.